The molecular formula is C13H10ClN3O2. The van der Waals surface area contributed by atoms with Crippen LogP contribution in [0.15, 0.2) is 53.9 Å². The highest BCUT2D eigenvalue weighted by Crippen LogP contribution is 2.14. The number of rotatable bonds is 3. The lowest BCUT2D eigenvalue weighted by atomic mass is 10.3. The van der Waals surface area contributed by atoms with Gasteiger partial charge in [0, 0.05) is 23.1 Å². The van der Waals surface area contributed by atoms with Gasteiger partial charge in [0.2, 0.25) is 0 Å². The summed E-state index contributed by atoms with van der Waals surface area (Å²) in [6.07, 6.45) is 3.97. The summed E-state index contributed by atoms with van der Waals surface area (Å²) in [5, 5.41) is 6.59. The molecule has 1 aromatic carbocycles. The van der Waals surface area contributed by atoms with Crippen LogP contribution >= 0.6 is 11.6 Å². The van der Waals surface area contributed by atoms with Gasteiger partial charge in [0.05, 0.1) is 6.21 Å². The molecule has 5 nitrogen and oxygen atoms in total. The Balaban J connectivity index is 1.87. The van der Waals surface area contributed by atoms with E-state index in [1.807, 2.05) is 0 Å². The number of amides is 1. The van der Waals surface area contributed by atoms with Gasteiger partial charge in [0.25, 0.3) is 0 Å². The van der Waals surface area contributed by atoms with E-state index in [0.29, 0.717) is 10.7 Å². The summed E-state index contributed by atoms with van der Waals surface area (Å²) in [6.45, 7) is 0. The van der Waals surface area contributed by atoms with E-state index in [0.717, 1.165) is 5.56 Å². The molecule has 19 heavy (non-hydrogen) atoms. The van der Waals surface area contributed by atoms with Gasteiger partial charge in [-0.2, -0.15) is 0 Å². The molecule has 0 radical (unpaired) electrons. The van der Waals surface area contributed by atoms with Crippen LogP contribution in [-0.2, 0) is 4.84 Å². The predicted molar refractivity (Wildman–Crippen MR) is 73.4 cm³/mol. The first-order valence-electron chi connectivity index (χ1n) is 5.41. The van der Waals surface area contributed by atoms with Gasteiger partial charge < -0.3 is 0 Å². The van der Waals surface area contributed by atoms with Crippen LogP contribution in [0.4, 0.5) is 10.5 Å². The number of hydrogen-bond acceptors (Lipinski definition) is 4. The number of aromatic nitrogens is 1. The molecular weight excluding hydrogens is 266 g/mol. The number of carbonyl (C=O) groups is 1. The zero-order chi connectivity index (χ0) is 13.5. The lowest BCUT2D eigenvalue weighted by molar-refractivity contribution is 0.167. The Morgan fingerprint density at radius 1 is 1.32 bits per heavy atom. The lowest BCUT2D eigenvalue weighted by Crippen LogP contribution is -2.10. The number of halogens is 1. The Hall–Kier alpha value is -2.40. The fourth-order valence-electron chi connectivity index (χ4n) is 1.29. The number of nitrogens with zero attached hydrogens (tertiary/aromatic N) is 2. The molecule has 96 valence electrons. The molecule has 0 aliphatic rings. The second-order valence-electron chi connectivity index (χ2n) is 3.53. The number of oxime groups is 1. The van der Waals surface area contributed by atoms with Crippen molar-refractivity contribution in [3.05, 3.63) is 59.4 Å². The smallest absolute Gasteiger partial charge is 0.298 e. The number of pyridine rings is 1. The first-order chi connectivity index (χ1) is 9.24. The van der Waals surface area contributed by atoms with Crippen LogP contribution in [0.25, 0.3) is 0 Å². The van der Waals surface area contributed by atoms with E-state index >= 15 is 0 Å². The Morgan fingerprint density at radius 2 is 2.11 bits per heavy atom. The summed E-state index contributed by atoms with van der Waals surface area (Å²) in [5.74, 6) is 0. The summed E-state index contributed by atoms with van der Waals surface area (Å²) in [4.78, 5) is 19.9. The fraction of sp³-hybridized carbons (Fsp3) is 0. The first kappa shape index (κ1) is 13.0. The zero-order valence-corrected chi connectivity index (χ0v) is 10.5. The molecule has 6 heteroatoms. The van der Waals surface area contributed by atoms with Crippen molar-refractivity contribution < 1.29 is 9.63 Å². The average Bonchev–Trinajstić information content (AvgIpc) is 2.40. The van der Waals surface area contributed by atoms with Crippen molar-refractivity contribution in [2.75, 3.05) is 5.32 Å². The maximum absolute atomic E-state index is 11.4. The van der Waals surface area contributed by atoms with Gasteiger partial charge in [-0.3, -0.25) is 15.1 Å². The molecule has 0 saturated carbocycles. The number of carbonyl (C=O) groups excluding carboxylic acids is 1. The number of anilines is 1. The SMILES string of the molecule is O=C(Nc1cccc(Cl)c1)O/N=C\c1ccncc1. The molecule has 1 aromatic heterocycles. The quantitative estimate of drug-likeness (QED) is 0.531. The van der Waals surface area contributed by atoms with E-state index in [-0.39, 0.29) is 0 Å². The molecule has 1 amide bonds. The highest BCUT2D eigenvalue weighted by molar-refractivity contribution is 6.30. The standard InChI is InChI=1S/C13H10ClN3O2/c14-11-2-1-3-12(8-11)17-13(18)19-16-9-10-4-6-15-7-5-10/h1-9H,(H,17,18)/b16-9-. The number of hydrogen-bond donors (Lipinski definition) is 1. The minimum atomic E-state index is -0.687. The predicted octanol–water partition coefficient (Wildman–Crippen LogP) is 3.32. The van der Waals surface area contributed by atoms with Crippen molar-refractivity contribution in [1.29, 1.82) is 0 Å². The second-order valence-corrected chi connectivity index (χ2v) is 3.97. The highest BCUT2D eigenvalue weighted by atomic mass is 35.5. The minimum absolute atomic E-state index is 0.526. The third-order valence-electron chi connectivity index (χ3n) is 2.11. The topological polar surface area (TPSA) is 63.6 Å². The summed E-state index contributed by atoms with van der Waals surface area (Å²) in [7, 11) is 0. The molecule has 1 heterocycles. The van der Waals surface area contributed by atoms with Crippen molar-refractivity contribution in [3.63, 3.8) is 0 Å². The third kappa shape index (κ3) is 4.40. The third-order valence-corrected chi connectivity index (χ3v) is 2.35. The van der Waals surface area contributed by atoms with Gasteiger partial charge in [-0.05, 0) is 35.9 Å². The van der Waals surface area contributed by atoms with Crippen molar-refractivity contribution in [2.45, 2.75) is 0 Å². The van der Waals surface area contributed by atoms with Gasteiger partial charge in [0.15, 0.2) is 0 Å². The van der Waals surface area contributed by atoms with Crippen LogP contribution in [0.1, 0.15) is 5.56 Å². The van der Waals surface area contributed by atoms with Gasteiger partial charge in [0.1, 0.15) is 0 Å². The summed E-state index contributed by atoms with van der Waals surface area (Å²) in [6, 6.07) is 10.2. The molecule has 2 aromatic rings. The molecule has 0 fully saturated rings. The van der Waals surface area contributed by atoms with Gasteiger partial charge in [-0.25, -0.2) is 4.79 Å². The fourth-order valence-corrected chi connectivity index (χ4v) is 1.48. The molecule has 0 aliphatic heterocycles. The summed E-state index contributed by atoms with van der Waals surface area (Å²) in [5.41, 5.74) is 1.32. The van der Waals surface area contributed by atoms with E-state index < -0.39 is 6.09 Å². The molecule has 0 spiro atoms. The van der Waals surface area contributed by atoms with Crippen LogP contribution in [0, 0.1) is 0 Å². The zero-order valence-electron chi connectivity index (χ0n) is 9.79. The minimum Gasteiger partial charge on any atom is -0.298 e. The van der Waals surface area contributed by atoms with E-state index in [2.05, 4.69) is 20.3 Å². The monoisotopic (exact) mass is 275 g/mol. The number of benzene rings is 1. The Labute approximate surface area is 114 Å². The van der Waals surface area contributed by atoms with Crippen LogP contribution < -0.4 is 5.32 Å². The maximum atomic E-state index is 11.4. The van der Waals surface area contributed by atoms with Crippen molar-refractivity contribution in [2.24, 2.45) is 5.16 Å². The molecule has 2 rings (SSSR count). The Kier molecular flexibility index (Phi) is 4.47. The van der Waals surface area contributed by atoms with Gasteiger partial charge >= 0.3 is 6.09 Å². The average molecular weight is 276 g/mol. The molecule has 0 bridgehead atoms. The van der Waals surface area contributed by atoms with Crippen LogP contribution in [0.5, 0.6) is 0 Å². The van der Waals surface area contributed by atoms with Crippen LogP contribution in [0.3, 0.4) is 0 Å². The number of nitrogens with one attached hydrogen (secondary N) is 1. The Bertz CT molecular complexity index is 587. The van der Waals surface area contributed by atoms with Crippen molar-refractivity contribution >= 4 is 29.6 Å². The van der Waals surface area contributed by atoms with E-state index in [1.165, 1.54) is 6.21 Å². The van der Waals surface area contributed by atoms with Crippen LogP contribution in [-0.4, -0.2) is 17.3 Å². The van der Waals surface area contributed by atoms with Gasteiger partial charge in [-0.1, -0.05) is 22.8 Å². The Morgan fingerprint density at radius 3 is 2.84 bits per heavy atom. The first-order valence-corrected chi connectivity index (χ1v) is 5.79. The highest BCUT2D eigenvalue weighted by Gasteiger charge is 2.02. The normalized spacial score (nSPS) is 10.4. The lowest BCUT2D eigenvalue weighted by Gasteiger charge is -2.02. The van der Waals surface area contributed by atoms with Crippen LogP contribution in [0.2, 0.25) is 5.02 Å². The second kappa shape index (κ2) is 6.51. The van der Waals surface area contributed by atoms with E-state index in [1.54, 1.807) is 48.8 Å². The van der Waals surface area contributed by atoms with Crippen molar-refractivity contribution in [1.82, 2.24) is 4.98 Å². The van der Waals surface area contributed by atoms with E-state index in [9.17, 15) is 4.79 Å². The summed E-state index contributed by atoms with van der Waals surface area (Å²) >= 11 is 5.79. The molecule has 0 saturated heterocycles. The van der Waals surface area contributed by atoms with Gasteiger partial charge in [-0.15, -0.1) is 0 Å². The molecule has 0 unspecified atom stereocenters. The maximum Gasteiger partial charge on any atom is 0.437 e. The molecule has 0 aliphatic carbocycles. The van der Waals surface area contributed by atoms with Crippen molar-refractivity contribution in [3.8, 4) is 0 Å². The summed E-state index contributed by atoms with van der Waals surface area (Å²) < 4.78 is 0. The largest absolute Gasteiger partial charge is 0.437 e. The van der Waals surface area contributed by atoms with E-state index in [4.69, 9.17) is 11.6 Å². The molecule has 0 atom stereocenters. The molecule has 1 N–H and O–H groups in total.